The van der Waals surface area contributed by atoms with Crippen LogP contribution in [0.1, 0.15) is 16.3 Å². The van der Waals surface area contributed by atoms with Crippen molar-refractivity contribution in [3.8, 4) is 0 Å². The first kappa shape index (κ1) is 17.1. The summed E-state index contributed by atoms with van der Waals surface area (Å²) in [5.41, 5.74) is 0.913. The Morgan fingerprint density at radius 2 is 1.89 bits per heavy atom. The summed E-state index contributed by atoms with van der Waals surface area (Å²) < 4.78 is 16.2. The van der Waals surface area contributed by atoms with E-state index >= 15 is 0 Å². The number of ether oxygens (including phenoxy) is 1. The molecular formula is C20H18N2O5. The number of fused-ring (bicyclic) bond motifs is 1. The van der Waals surface area contributed by atoms with E-state index in [0.29, 0.717) is 48.7 Å². The molecule has 1 aliphatic heterocycles. The van der Waals surface area contributed by atoms with Crippen LogP contribution in [-0.4, -0.2) is 43.0 Å². The molecule has 2 amide bonds. The van der Waals surface area contributed by atoms with Gasteiger partial charge in [0.15, 0.2) is 0 Å². The second kappa shape index (κ2) is 7.51. The largest absolute Gasteiger partial charge is 0.465 e. The summed E-state index contributed by atoms with van der Waals surface area (Å²) in [5.74, 6) is 0.0402. The van der Waals surface area contributed by atoms with Crippen LogP contribution < -0.4 is 5.32 Å². The van der Waals surface area contributed by atoms with Crippen LogP contribution in [0.5, 0.6) is 0 Å². The van der Waals surface area contributed by atoms with Crippen molar-refractivity contribution in [1.29, 1.82) is 0 Å². The summed E-state index contributed by atoms with van der Waals surface area (Å²) in [7, 11) is 0. The fourth-order valence-corrected chi connectivity index (χ4v) is 2.94. The van der Waals surface area contributed by atoms with Crippen LogP contribution in [0.25, 0.3) is 17.0 Å². The maximum absolute atomic E-state index is 12.9. The van der Waals surface area contributed by atoms with Crippen LogP contribution >= 0.6 is 0 Å². The zero-order valence-corrected chi connectivity index (χ0v) is 14.5. The topological polar surface area (TPSA) is 84.9 Å². The van der Waals surface area contributed by atoms with Gasteiger partial charge in [-0.3, -0.25) is 9.59 Å². The molecular weight excluding hydrogens is 348 g/mol. The van der Waals surface area contributed by atoms with E-state index in [1.165, 1.54) is 12.3 Å². The predicted octanol–water partition coefficient (Wildman–Crippen LogP) is 3.15. The Balaban J connectivity index is 1.63. The van der Waals surface area contributed by atoms with Gasteiger partial charge in [0, 0.05) is 24.6 Å². The number of benzene rings is 1. The number of hydrogen-bond donors (Lipinski definition) is 1. The highest BCUT2D eigenvalue weighted by Gasteiger charge is 2.27. The Kier molecular flexibility index (Phi) is 4.76. The van der Waals surface area contributed by atoms with Gasteiger partial charge in [-0.1, -0.05) is 12.1 Å². The van der Waals surface area contributed by atoms with Crippen LogP contribution in [0, 0.1) is 0 Å². The molecule has 1 N–H and O–H groups in total. The lowest BCUT2D eigenvalue weighted by Crippen LogP contribution is -2.40. The van der Waals surface area contributed by atoms with Crippen LogP contribution in [0.15, 0.2) is 57.6 Å². The van der Waals surface area contributed by atoms with E-state index in [1.807, 2.05) is 12.1 Å². The number of hydrogen-bond acceptors (Lipinski definition) is 5. The molecule has 1 aliphatic rings. The second-order valence-electron chi connectivity index (χ2n) is 6.04. The number of nitrogens with one attached hydrogen (secondary N) is 1. The monoisotopic (exact) mass is 366 g/mol. The summed E-state index contributed by atoms with van der Waals surface area (Å²) in [6.07, 6.45) is 4.44. The van der Waals surface area contributed by atoms with Gasteiger partial charge in [-0.25, -0.2) is 0 Å². The minimum atomic E-state index is -0.381. The molecule has 0 aliphatic carbocycles. The molecule has 7 heteroatoms. The van der Waals surface area contributed by atoms with Crippen molar-refractivity contribution in [2.75, 3.05) is 31.6 Å². The number of nitrogens with zero attached hydrogens (tertiary/aromatic N) is 1. The molecule has 2 aromatic heterocycles. The van der Waals surface area contributed by atoms with Gasteiger partial charge in [-0.05, 0) is 30.3 Å². The van der Waals surface area contributed by atoms with Crippen molar-refractivity contribution in [2.45, 2.75) is 0 Å². The van der Waals surface area contributed by atoms with Gasteiger partial charge in [0.25, 0.3) is 5.91 Å². The molecule has 0 bridgehead atoms. The van der Waals surface area contributed by atoms with Crippen molar-refractivity contribution in [3.63, 3.8) is 0 Å². The van der Waals surface area contributed by atoms with Crippen molar-refractivity contribution < 1.29 is 23.2 Å². The molecule has 0 saturated carbocycles. The fraction of sp³-hybridized carbons (Fsp3) is 0.200. The van der Waals surface area contributed by atoms with Crippen LogP contribution in [-0.2, 0) is 9.53 Å². The molecule has 1 fully saturated rings. The third-order valence-electron chi connectivity index (χ3n) is 4.28. The third kappa shape index (κ3) is 3.63. The van der Waals surface area contributed by atoms with Gasteiger partial charge in [0.05, 0.1) is 19.5 Å². The van der Waals surface area contributed by atoms with Crippen molar-refractivity contribution in [2.24, 2.45) is 0 Å². The number of para-hydroxylation sites is 1. The molecule has 27 heavy (non-hydrogen) atoms. The lowest BCUT2D eigenvalue weighted by molar-refractivity contribution is -0.111. The Hall–Kier alpha value is -3.32. The Labute approximate surface area is 155 Å². The van der Waals surface area contributed by atoms with Gasteiger partial charge in [0.1, 0.15) is 17.0 Å². The van der Waals surface area contributed by atoms with E-state index < -0.39 is 0 Å². The first-order chi connectivity index (χ1) is 13.2. The minimum Gasteiger partial charge on any atom is -0.465 e. The molecule has 138 valence electrons. The highest BCUT2D eigenvalue weighted by molar-refractivity contribution is 6.13. The van der Waals surface area contributed by atoms with Gasteiger partial charge in [0.2, 0.25) is 11.7 Å². The molecule has 4 rings (SSSR count). The first-order valence-corrected chi connectivity index (χ1v) is 8.63. The zero-order valence-electron chi connectivity index (χ0n) is 14.5. The van der Waals surface area contributed by atoms with Crippen LogP contribution in [0.4, 0.5) is 5.69 Å². The normalized spacial score (nSPS) is 14.7. The van der Waals surface area contributed by atoms with E-state index in [1.54, 1.807) is 35.2 Å². The van der Waals surface area contributed by atoms with E-state index in [-0.39, 0.29) is 17.6 Å². The number of carbonyl (C=O) groups excluding carboxylic acids is 2. The van der Waals surface area contributed by atoms with Gasteiger partial charge < -0.3 is 23.8 Å². The fourth-order valence-electron chi connectivity index (χ4n) is 2.94. The first-order valence-electron chi connectivity index (χ1n) is 8.63. The van der Waals surface area contributed by atoms with E-state index in [9.17, 15) is 9.59 Å². The number of furan rings is 2. The number of anilines is 1. The van der Waals surface area contributed by atoms with Gasteiger partial charge >= 0.3 is 0 Å². The van der Waals surface area contributed by atoms with Crippen LogP contribution in [0.2, 0.25) is 0 Å². The number of rotatable bonds is 4. The van der Waals surface area contributed by atoms with E-state index in [2.05, 4.69) is 5.32 Å². The summed E-state index contributed by atoms with van der Waals surface area (Å²) in [6, 6.07) is 10.7. The number of amides is 2. The van der Waals surface area contributed by atoms with Crippen molar-refractivity contribution >= 4 is 34.5 Å². The smallest absolute Gasteiger partial charge is 0.291 e. The Bertz CT molecular complexity index is 981. The van der Waals surface area contributed by atoms with Crippen molar-refractivity contribution in [1.82, 2.24) is 4.90 Å². The predicted molar refractivity (Wildman–Crippen MR) is 99.3 cm³/mol. The standard InChI is InChI=1S/C20H18N2O5/c23-17(8-7-14-4-3-11-26-14)21-18-15-5-1-2-6-16(15)27-19(18)20(24)22-9-12-25-13-10-22/h1-8,11H,9-10,12-13H2,(H,21,23). The molecule has 3 heterocycles. The maximum atomic E-state index is 12.9. The summed E-state index contributed by atoms with van der Waals surface area (Å²) in [4.78, 5) is 26.9. The van der Waals surface area contributed by atoms with Crippen LogP contribution in [0.3, 0.4) is 0 Å². The molecule has 0 spiro atoms. The zero-order chi connectivity index (χ0) is 18.6. The maximum Gasteiger partial charge on any atom is 0.291 e. The molecule has 3 aromatic rings. The summed E-state index contributed by atoms with van der Waals surface area (Å²) in [6.45, 7) is 1.95. The highest BCUT2D eigenvalue weighted by Crippen LogP contribution is 2.32. The second-order valence-corrected chi connectivity index (χ2v) is 6.04. The molecule has 0 radical (unpaired) electrons. The summed E-state index contributed by atoms with van der Waals surface area (Å²) >= 11 is 0. The lowest BCUT2D eigenvalue weighted by atomic mass is 10.2. The third-order valence-corrected chi connectivity index (χ3v) is 4.28. The summed E-state index contributed by atoms with van der Waals surface area (Å²) in [5, 5.41) is 3.45. The van der Waals surface area contributed by atoms with E-state index in [4.69, 9.17) is 13.6 Å². The Morgan fingerprint density at radius 3 is 2.67 bits per heavy atom. The average Bonchev–Trinajstić information content (AvgIpc) is 3.35. The van der Waals surface area contributed by atoms with E-state index in [0.717, 1.165) is 0 Å². The molecule has 0 atom stereocenters. The molecule has 1 saturated heterocycles. The average molecular weight is 366 g/mol. The molecule has 0 unspecified atom stereocenters. The minimum absolute atomic E-state index is 0.123. The Morgan fingerprint density at radius 1 is 1.07 bits per heavy atom. The number of morpholine rings is 1. The number of carbonyl (C=O) groups is 2. The van der Waals surface area contributed by atoms with Gasteiger partial charge in [-0.2, -0.15) is 0 Å². The quantitative estimate of drug-likeness (QED) is 0.717. The lowest BCUT2D eigenvalue weighted by Gasteiger charge is -2.26. The SMILES string of the molecule is O=C(C=Cc1ccco1)Nc1c(C(=O)N2CCOCC2)oc2ccccc12. The highest BCUT2D eigenvalue weighted by atomic mass is 16.5. The molecule has 7 nitrogen and oxygen atoms in total. The molecule has 1 aromatic carbocycles. The van der Waals surface area contributed by atoms with Gasteiger partial charge in [-0.15, -0.1) is 0 Å². The van der Waals surface area contributed by atoms with Crippen molar-refractivity contribution in [3.05, 3.63) is 60.3 Å².